The fourth-order valence-electron chi connectivity index (χ4n) is 1.58. The van der Waals surface area contributed by atoms with Crippen LogP contribution in [0.15, 0.2) is 22.7 Å². The first kappa shape index (κ1) is 10.6. The van der Waals surface area contributed by atoms with Crippen molar-refractivity contribution >= 4 is 21.8 Å². The summed E-state index contributed by atoms with van der Waals surface area (Å²) in [7, 11) is 0. The molecule has 80 valence electrons. The highest BCUT2D eigenvalue weighted by Gasteiger charge is 2.20. The van der Waals surface area contributed by atoms with Crippen molar-refractivity contribution in [3.8, 4) is 0 Å². The van der Waals surface area contributed by atoms with Gasteiger partial charge in [0.25, 0.3) is 0 Å². The number of morpholine rings is 1. The van der Waals surface area contributed by atoms with Crippen LogP contribution in [-0.2, 0) is 9.53 Å². The Hall–Kier alpha value is -0.870. The van der Waals surface area contributed by atoms with E-state index >= 15 is 0 Å². The molecule has 15 heavy (non-hydrogen) atoms. The van der Waals surface area contributed by atoms with Crippen LogP contribution < -0.4 is 5.32 Å². The maximum absolute atomic E-state index is 10.9. The van der Waals surface area contributed by atoms with E-state index < -0.39 is 0 Å². The first-order valence-electron chi connectivity index (χ1n) is 4.81. The molecule has 1 saturated heterocycles. The van der Waals surface area contributed by atoms with Crippen molar-refractivity contribution in [2.45, 2.75) is 13.0 Å². The molecule has 1 atom stereocenters. The van der Waals surface area contributed by atoms with Crippen LogP contribution in [0.1, 0.15) is 17.2 Å². The first-order valence-corrected chi connectivity index (χ1v) is 5.60. The van der Waals surface area contributed by atoms with Crippen LogP contribution in [0.3, 0.4) is 0 Å². The summed E-state index contributed by atoms with van der Waals surface area (Å²) < 4.78 is 6.53. The predicted molar refractivity (Wildman–Crippen MR) is 60.6 cm³/mol. The van der Waals surface area contributed by atoms with E-state index in [1.807, 2.05) is 19.1 Å². The molecule has 3 nitrogen and oxygen atoms in total. The molecule has 1 fully saturated rings. The molecule has 1 aliphatic heterocycles. The number of rotatable bonds is 1. The van der Waals surface area contributed by atoms with E-state index in [0.29, 0.717) is 6.54 Å². The molecule has 1 aliphatic rings. The van der Waals surface area contributed by atoms with Crippen molar-refractivity contribution in [2.24, 2.45) is 0 Å². The Balaban J connectivity index is 2.16. The second-order valence-electron chi connectivity index (χ2n) is 3.61. The van der Waals surface area contributed by atoms with Crippen LogP contribution in [0.4, 0.5) is 0 Å². The Morgan fingerprint density at radius 3 is 2.93 bits per heavy atom. The minimum atomic E-state index is -0.0416. The smallest absolute Gasteiger partial charge is 0.246 e. The van der Waals surface area contributed by atoms with Gasteiger partial charge in [-0.2, -0.15) is 0 Å². The molecular weight excluding hydrogens is 258 g/mol. The van der Waals surface area contributed by atoms with Crippen LogP contribution in [0.25, 0.3) is 0 Å². The lowest BCUT2D eigenvalue weighted by Gasteiger charge is -2.23. The highest BCUT2D eigenvalue weighted by molar-refractivity contribution is 9.10. The van der Waals surface area contributed by atoms with Gasteiger partial charge in [0.15, 0.2) is 0 Å². The molecule has 0 saturated carbocycles. The van der Waals surface area contributed by atoms with Gasteiger partial charge < -0.3 is 10.1 Å². The number of hydrogen-bond acceptors (Lipinski definition) is 2. The molecule has 2 rings (SSSR count). The SMILES string of the molecule is Cc1cc(C2CNC(=O)CO2)ccc1Br. The second-order valence-corrected chi connectivity index (χ2v) is 4.47. The zero-order valence-corrected chi connectivity index (χ0v) is 10.0. The van der Waals surface area contributed by atoms with E-state index in [1.54, 1.807) is 0 Å². The fraction of sp³-hybridized carbons (Fsp3) is 0.364. The molecule has 0 aromatic heterocycles. The van der Waals surface area contributed by atoms with Crippen LogP contribution in [-0.4, -0.2) is 19.1 Å². The largest absolute Gasteiger partial charge is 0.362 e. The summed E-state index contributed by atoms with van der Waals surface area (Å²) in [5.74, 6) is -0.0416. The van der Waals surface area contributed by atoms with E-state index in [9.17, 15) is 4.79 Å². The molecule has 1 N–H and O–H groups in total. The van der Waals surface area contributed by atoms with Gasteiger partial charge in [-0.25, -0.2) is 0 Å². The van der Waals surface area contributed by atoms with Gasteiger partial charge in [-0.05, 0) is 24.1 Å². The van der Waals surface area contributed by atoms with Gasteiger partial charge >= 0.3 is 0 Å². The van der Waals surface area contributed by atoms with Gasteiger partial charge in [-0.1, -0.05) is 28.1 Å². The summed E-state index contributed by atoms with van der Waals surface area (Å²) in [6, 6.07) is 6.09. The summed E-state index contributed by atoms with van der Waals surface area (Å²) in [6.07, 6.45) is -0.0190. The maximum atomic E-state index is 10.9. The first-order chi connectivity index (χ1) is 7.16. The Bertz CT molecular complexity index is 382. The van der Waals surface area contributed by atoms with Crippen molar-refractivity contribution in [1.29, 1.82) is 0 Å². The number of aryl methyl sites for hydroxylation is 1. The summed E-state index contributed by atoms with van der Waals surface area (Å²) in [5.41, 5.74) is 2.28. The van der Waals surface area contributed by atoms with Crippen LogP contribution in [0.5, 0.6) is 0 Å². The van der Waals surface area contributed by atoms with Crippen molar-refractivity contribution in [1.82, 2.24) is 5.32 Å². The number of ether oxygens (including phenoxy) is 1. The average molecular weight is 270 g/mol. The third-order valence-corrected chi connectivity index (χ3v) is 3.34. The number of hydrogen-bond donors (Lipinski definition) is 1. The van der Waals surface area contributed by atoms with E-state index in [0.717, 1.165) is 10.0 Å². The third kappa shape index (κ3) is 2.38. The lowest BCUT2D eigenvalue weighted by atomic mass is 10.1. The highest BCUT2D eigenvalue weighted by atomic mass is 79.9. The molecule has 0 spiro atoms. The van der Waals surface area contributed by atoms with Gasteiger partial charge in [-0.3, -0.25) is 4.79 Å². The number of halogens is 1. The Labute approximate surface area is 96.9 Å². The monoisotopic (exact) mass is 269 g/mol. The van der Waals surface area contributed by atoms with Gasteiger partial charge in [0.1, 0.15) is 12.7 Å². The summed E-state index contributed by atoms with van der Waals surface area (Å²) in [4.78, 5) is 10.9. The van der Waals surface area contributed by atoms with E-state index in [2.05, 4.69) is 27.3 Å². The second kappa shape index (κ2) is 4.33. The zero-order chi connectivity index (χ0) is 10.8. The van der Waals surface area contributed by atoms with Crippen molar-refractivity contribution in [2.75, 3.05) is 13.2 Å². The van der Waals surface area contributed by atoms with Crippen LogP contribution in [0.2, 0.25) is 0 Å². The normalized spacial score (nSPS) is 21.2. The number of benzene rings is 1. The lowest BCUT2D eigenvalue weighted by molar-refractivity contribution is -0.133. The Morgan fingerprint density at radius 1 is 1.53 bits per heavy atom. The van der Waals surface area contributed by atoms with Crippen LogP contribution >= 0.6 is 15.9 Å². The summed E-state index contributed by atoms with van der Waals surface area (Å²) >= 11 is 3.45. The van der Waals surface area contributed by atoms with Gasteiger partial charge in [0, 0.05) is 11.0 Å². The third-order valence-electron chi connectivity index (χ3n) is 2.45. The highest BCUT2D eigenvalue weighted by Crippen LogP contribution is 2.24. The molecule has 0 aliphatic carbocycles. The minimum absolute atomic E-state index is 0.0190. The molecule has 1 amide bonds. The van der Waals surface area contributed by atoms with Crippen molar-refractivity contribution < 1.29 is 9.53 Å². The Kier molecular flexibility index (Phi) is 3.07. The average Bonchev–Trinajstić information content (AvgIpc) is 2.23. The molecule has 1 heterocycles. The molecule has 1 unspecified atom stereocenters. The number of carbonyl (C=O) groups is 1. The maximum Gasteiger partial charge on any atom is 0.246 e. The van der Waals surface area contributed by atoms with E-state index in [1.165, 1.54) is 5.56 Å². The quantitative estimate of drug-likeness (QED) is 0.847. The molecule has 1 aromatic rings. The lowest BCUT2D eigenvalue weighted by Crippen LogP contribution is -2.38. The molecule has 4 heteroatoms. The minimum Gasteiger partial charge on any atom is -0.362 e. The standard InChI is InChI=1S/C11H12BrNO2/c1-7-4-8(2-3-9(7)12)10-5-13-11(14)6-15-10/h2-4,10H,5-6H2,1H3,(H,13,14). The number of carbonyl (C=O) groups excluding carboxylic acids is 1. The number of amides is 1. The fourth-order valence-corrected chi connectivity index (χ4v) is 1.82. The van der Waals surface area contributed by atoms with E-state index in [4.69, 9.17) is 4.74 Å². The number of nitrogens with one attached hydrogen (secondary N) is 1. The van der Waals surface area contributed by atoms with Gasteiger partial charge in [0.05, 0.1) is 0 Å². The van der Waals surface area contributed by atoms with Crippen LogP contribution in [0, 0.1) is 6.92 Å². The molecule has 0 bridgehead atoms. The van der Waals surface area contributed by atoms with Gasteiger partial charge in [-0.15, -0.1) is 0 Å². The molecular formula is C11H12BrNO2. The predicted octanol–water partition coefficient (Wildman–Crippen LogP) is 1.95. The summed E-state index contributed by atoms with van der Waals surface area (Å²) in [5, 5.41) is 2.79. The molecule has 1 aromatic carbocycles. The van der Waals surface area contributed by atoms with Gasteiger partial charge in [0.2, 0.25) is 5.91 Å². The Morgan fingerprint density at radius 2 is 2.33 bits per heavy atom. The summed E-state index contributed by atoms with van der Waals surface area (Å²) in [6.45, 7) is 2.74. The topological polar surface area (TPSA) is 38.3 Å². The van der Waals surface area contributed by atoms with Crippen molar-refractivity contribution in [3.63, 3.8) is 0 Å². The zero-order valence-electron chi connectivity index (χ0n) is 8.42. The molecule has 0 radical (unpaired) electrons. The van der Waals surface area contributed by atoms with Crippen molar-refractivity contribution in [3.05, 3.63) is 33.8 Å². The van der Waals surface area contributed by atoms with E-state index in [-0.39, 0.29) is 18.6 Å².